The fraction of sp³-hybridized carbons (Fsp3) is 0.645. The van der Waals surface area contributed by atoms with Crippen LogP contribution in [0.1, 0.15) is 31.2 Å². The molecule has 9 nitrogen and oxygen atoms in total. The normalized spacial score (nSPS) is 18.3. The largest absolute Gasteiger partial charge is 0.499 e. The average molecular weight is 623 g/mol. The zero-order valence-corrected chi connectivity index (χ0v) is 28.1. The second-order valence-electron chi connectivity index (χ2n) is 10.6. The summed E-state index contributed by atoms with van der Waals surface area (Å²) in [6.45, 7) is 9.60. The lowest BCUT2D eigenvalue weighted by molar-refractivity contribution is 0.130. The number of methoxy groups -OCH3 is 5. The van der Waals surface area contributed by atoms with E-state index in [0.717, 1.165) is 92.0 Å². The number of nitrogens with zero attached hydrogens (tertiary/aromatic N) is 3. The SMILES string of the molecule is COC/C=C(\C=C(/COC)OC)NC(=S)CCCN1CCN(CCCC2Sc3c(cc(OC)c(C)c3OC)N2C)CC1. The first-order valence-electron chi connectivity index (χ1n) is 14.7. The standard InChI is InChI=1S/C31H50N4O5S2/c1-23-27(39-6)21-26-31(30(23)40-7)42-29(33(26)2)11-9-14-35-17-15-34(16-18-35)13-8-10-28(41)32-24(12-19-36-3)20-25(38-5)22-37-4/h12,20-21,29H,8-11,13-19,22H2,1-7H3,(H,32,41)/b24-12+,25-20+. The highest BCUT2D eigenvalue weighted by Crippen LogP contribution is 2.52. The summed E-state index contributed by atoms with van der Waals surface area (Å²) >= 11 is 7.56. The Labute approximate surface area is 262 Å². The lowest BCUT2D eigenvalue weighted by atomic mass is 10.1. The van der Waals surface area contributed by atoms with Gasteiger partial charge in [-0.15, -0.1) is 0 Å². The van der Waals surface area contributed by atoms with Gasteiger partial charge >= 0.3 is 0 Å². The molecule has 42 heavy (non-hydrogen) atoms. The molecule has 2 heterocycles. The molecule has 1 atom stereocenters. The van der Waals surface area contributed by atoms with Gasteiger partial charge in [-0.25, -0.2) is 0 Å². The summed E-state index contributed by atoms with van der Waals surface area (Å²) < 4.78 is 27.2. The second-order valence-corrected chi connectivity index (χ2v) is 12.3. The maximum atomic E-state index is 5.77. The molecule has 0 spiro atoms. The molecule has 1 aromatic carbocycles. The van der Waals surface area contributed by atoms with Crippen LogP contribution in [0.15, 0.2) is 34.6 Å². The Balaban J connectivity index is 1.36. The number of anilines is 1. The van der Waals surface area contributed by atoms with Crippen molar-refractivity contribution in [2.45, 2.75) is 42.9 Å². The van der Waals surface area contributed by atoms with E-state index in [2.05, 4.69) is 40.1 Å². The predicted octanol–water partition coefficient (Wildman–Crippen LogP) is 4.68. The summed E-state index contributed by atoms with van der Waals surface area (Å²) in [7, 11) is 10.6. The predicted molar refractivity (Wildman–Crippen MR) is 176 cm³/mol. The van der Waals surface area contributed by atoms with Crippen molar-refractivity contribution in [2.75, 3.05) is 100.0 Å². The van der Waals surface area contributed by atoms with Crippen molar-refractivity contribution in [1.82, 2.24) is 15.1 Å². The lowest BCUT2D eigenvalue weighted by Gasteiger charge is -2.35. The van der Waals surface area contributed by atoms with Crippen LogP contribution >= 0.6 is 24.0 Å². The maximum absolute atomic E-state index is 5.77. The van der Waals surface area contributed by atoms with E-state index < -0.39 is 0 Å². The molecule has 2 aliphatic heterocycles. The van der Waals surface area contributed by atoms with Crippen LogP contribution in [0.25, 0.3) is 0 Å². The van der Waals surface area contributed by atoms with Crippen LogP contribution in [0, 0.1) is 6.92 Å². The van der Waals surface area contributed by atoms with E-state index in [0.29, 0.717) is 18.6 Å². The first kappa shape index (κ1) is 34.5. The Morgan fingerprint density at radius 3 is 2.31 bits per heavy atom. The summed E-state index contributed by atoms with van der Waals surface area (Å²) in [5, 5.41) is 3.76. The third-order valence-corrected chi connectivity index (χ3v) is 9.55. The van der Waals surface area contributed by atoms with Gasteiger partial charge in [0.1, 0.15) is 23.9 Å². The van der Waals surface area contributed by atoms with Crippen LogP contribution in [0.3, 0.4) is 0 Å². The fourth-order valence-corrected chi connectivity index (χ4v) is 7.12. The van der Waals surface area contributed by atoms with Gasteiger partial charge in [-0.1, -0.05) is 24.0 Å². The van der Waals surface area contributed by atoms with Crippen molar-refractivity contribution < 1.29 is 23.7 Å². The molecule has 236 valence electrons. The minimum atomic E-state index is 0.399. The molecule has 1 aromatic rings. The van der Waals surface area contributed by atoms with E-state index in [1.807, 2.05) is 23.9 Å². The highest BCUT2D eigenvalue weighted by atomic mass is 32.2. The van der Waals surface area contributed by atoms with Crippen molar-refractivity contribution in [1.29, 1.82) is 0 Å². The molecule has 0 bridgehead atoms. The first-order chi connectivity index (χ1) is 20.3. The highest BCUT2D eigenvalue weighted by Gasteiger charge is 2.32. The monoisotopic (exact) mass is 622 g/mol. The van der Waals surface area contributed by atoms with E-state index in [9.17, 15) is 0 Å². The number of fused-ring (bicyclic) bond motifs is 1. The van der Waals surface area contributed by atoms with Crippen molar-refractivity contribution in [3.05, 3.63) is 35.2 Å². The van der Waals surface area contributed by atoms with Crippen molar-refractivity contribution >= 4 is 34.7 Å². The summed E-state index contributed by atoms with van der Waals surface area (Å²) in [5.41, 5.74) is 3.14. The fourth-order valence-electron chi connectivity index (χ4n) is 5.36. The highest BCUT2D eigenvalue weighted by molar-refractivity contribution is 8.00. The number of rotatable bonds is 17. The van der Waals surface area contributed by atoms with Gasteiger partial charge in [0.2, 0.25) is 0 Å². The molecule has 1 saturated heterocycles. The number of thioether (sulfide) groups is 1. The molecule has 0 radical (unpaired) electrons. The molecule has 0 amide bonds. The van der Waals surface area contributed by atoms with Crippen LogP contribution in [-0.4, -0.2) is 115 Å². The number of ether oxygens (including phenoxy) is 5. The Kier molecular flexibility index (Phi) is 14.7. The van der Waals surface area contributed by atoms with Crippen LogP contribution in [0.5, 0.6) is 11.5 Å². The molecule has 0 aliphatic carbocycles. The Morgan fingerprint density at radius 2 is 1.71 bits per heavy atom. The molecular weight excluding hydrogens is 572 g/mol. The second kappa shape index (κ2) is 17.9. The van der Waals surface area contributed by atoms with E-state index in [-0.39, 0.29) is 0 Å². The Bertz CT molecular complexity index is 1080. The summed E-state index contributed by atoms with van der Waals surface area (Å²) in [5.74, 6) is 2.55. The Morgan fingerprint density at radius 1 is 1.02 bits per heavy atom. The van der Waals surface area contributed by atoms with E-state index in [4.69, 9.17) is 35.9 Å². The number of allylic oxidation sites excluding steroid dienone is 1. The molecule has 0 saturated carbocycles. The quantitative estimate of drug-likeness (QED) is 0.150. The van der Waals surface area contributed by atoms with Gasteiger partial charge in [-0.3, -0.25) is 0 Å². The number of thiocarbonyl (C=S) groups is 1. The van der Waals surface area contributed by atoms with Crippen LogP contribution < -0.4 is 19.7 Å². The number of benzene rings is 1. The molecule has 1 unspecified atom stereocenters. The molecule has 1 N–H and O–H groups in total. The number of hydrogen-bond donors (Lipinski definition) is 1. The summed E-state index contributed by atoms with van der Waals surface area (Å²) in [6, 6.07) is 2.15. The number of nitrogens with one attached hydrogen (secondary N) is 1. The van der Waals surface area contributed by atoms with Gasteiger partial charge in [0.15, 0.2) is 0 Å². The minimum Gasteiger partial charge on any atom is -0.499 e. The van der Waals surface area contributed by atoms with E-state index in [1.165, 1.54) is 17.0 Å². The third-order valence-electron chi connectivity index (χ3n) is 7.79. The van der Waals surface area contributed by atoms with Gasteiger partial charge in [-0.05, 0) is 51.8 Å². The molecule has 2 aliphatic rings. The maximum Gasteiger partial charge on any atom is 0.141 e. The van der Waals surface area contributed by atoms with Crippen molar-refractivity contribution in [3.8, 4) is 11.5 Å². The molecule has 0 aromatic heterocycles. The minimum absolute atomic E-state index is 0.399. The van der Waals surface area contributed by atoms with Crippen LogP contribution in [0.4, 0.5) is 5.69 Å². The number of hydrogen-bond acceptors (Lipinski definition) is 10. The third kappa shape index (κ3) is 9.75. The Hall–Kier alpha value is -2.02. The van der Waals surface area contributed by atoms with Gasteiger partial charge in [0.05, 0.1) is 48.9 Å². The smallest absolute Gasteiger partial charge is 0.141 e. The molecular formula is C31H50N4O5S2. The molecule has 3 rings (SSSR count). The van der Waals surface area contributed by atoms with E-state index >= 15 is 0 Å². The summed E-state index contributed by atoms with van der Waals surface area (Å²) in [6.07, 6.45) is 8.05. The van der Waals surface area contributed by atoms with Gasteiger partial charge in [0.25, 0.3) is 0 Å². The van der Waals surface area contributed by atoms with Gasteiger partial charge in [0, 0.05) is 70.8 Å². The van der Waals surface area contributed by atoms with Crippen molar-refractivity contribution in [2.24, 2.45) is 0 Å². The van der Waals surface area contributed by atoms with Crippen LogP contribution in [-0.2, 0) is 14.2 Å². The zero-order valence-electron chi connectivity index (χ0n) is 26.5. The first-order valence-corrected chi connectivity index (χ1v) is 16.0. The van der Waals surface area contributed by atoms with Gasteiger partial charge < -0.3 is 43.7 Å². The molecule has 11 heteroatoms. The zero-order chi connectivity index (χ0) is 30.5. The average Bonchev–Trinajstić information content (AvgIpc) is 3.30. The topological polar surface area (TPSA) is 67.9 Å². The van der Waals surface area contributed by atoms with Crippen molar-refractivity contribution in [3.63, 3.8) is 0 Å². The summed E-state index contributed by atoms with van der Waals surface area (Å²) in [4.78, 5) is 9.60. The molecule has 1 fully saturated rings. The number of piperazine rings is 1. The van der Waals surface area contributed by atoms with Gasteiger partial charge in [-0.2, -0.15) is 0 Å². The van der Waals surface area contributed by atoms with E-state index in [1.54, 1.807) is 35.5 Å². The van der Waals surface area contributed by atoms with Crippen LogP contribution in [0.2, 0.25) is 0 Å². The lowest BCUT2D eigenvalue weighted by Crippen LogP contribution is -2.47.